The minimum atomic E-state index is -0.339. The van der Waals surface area contributed by atoms with E-state index in [2.05, 4.69) is 15.1 Å². The van der Waals surface area contributed by atoms with Crippen molar-refractivity contribution in [2.24, 2.45) is 15.9 Å². The van der Waals surface area contributed by atoms with E-state index in [4.69, 9.17) is 5.73 Å². The summed E-state index contributed by atoms with van der Waals surface area (Å²) in [7, 11) is 0. The first-order valence-electron chi connectivity index (χ1n) is 9.20. The van der Waals surface area contributed by atoms with Crippen molar-refractivity contribution in [1.82, 2.24) is 0 Å². The molecule has 0 aliphatic carbocycles. The van der Waals surface area contributed by atoms with Crippen LogP contribution in [0.2, 0.25) is 0 Å². The van der Waals surface area contributed by atoms with Gasteiger partial charge in [-0.15, -0.1) is 5.10 Å². The highest BCUT2D eigenvalue weighted by Gasteiger charge is 2.21. The fraction of sp³-hybridized carbons (Fsp3) is 0.300. The van der Waals surface area contributed by atoms with Crippen LogP contribution in [0.4, 0.5) is 11.4 Å². The number of anilines is 1. The van der Waals surface area contributed by atoms with Crippen LogP contribution in [0.5, 0.6) is 0 Å². The topological polar surface area (TPSA) is 97.1 Å². The zero-order chi connectivity index (χ0) is 19.8. The van der Waals surface area contributed by atoms with Gasteiger partial charge in [-0.1, -0.05) is 48.2 Å². The monoisotopic (exact) mass is 397 g/mol. The number of piperidine rings is 1. The molecule has 7 nitrogen and oxygen atoms in total. The zero-order valence-corrected chi connectivity index (χ0v) is 16.3. The second kappa shape index (κ2) is 9.89. The summed E-state index contributed by atoms with van der Waals surface area (Å²) >= 11 is 1.39. The highest BCUT2D eigenvalue weighted by molar-refractivity contribution is 8.13. The fourth-order valence-corrected chi connectivity index (χ4v) is 3.69. The van der Waals surface area contributed by atoms with Crippen molar-refractivity contribution < 1.29 is 4.92 Å². The lowest BCUT2D eigenvalue weighted by molar-refractivity contribution is -0.384. The van der Waals surface area contributed by atoms with Gasteiger partial charge in [0.2, 0.25) is 0 Å². The molecule has 0 saturated carbocycles. The van der Waals surface area contributed by atoms with Gasteiger partial charge in [0, 0.05) is 30.5 Å². The molecular formula is C20H23N5O2S. The van der Waals surface area contributed by atoms with Gasteiger partial charge in [0.1, 0.15) is 5.69 Å². The van der Waals surface area contributed by atoms with E-state index in [1.54, 1.807) is 6.07 Å². The highest BCUT2D eigenvalue weighted by atomic mass is 32.2. The first-order chi connectivity index (χ1) is 13.6. The Balaban J connectivity index is 1.65. The maximum Gasteiger partial charge on any atom is 0.293 e. The molecule has 1 aliphatic heterocycles. The number of nitrogens with two attached hydrogens (primary N) is 1. The van der Waals surface area contributed by atoms with Crippen molar-refractivity contribution in [2.45, 2.75) is 25.0 Å². The van der Waals surface area contributed by atoms with E-state index < -0.39 is 0 Å². The average Bonchev–Trinajstić information content (AvgIpc) is 2.73. The lowest BCUT2D eigenvalue weighted by Crippen LogP contribution is -2.29. The molecule has 1 saturated heterocycles. The minimum Gasteiger partial charge on any atom is -0.377 e. The van der Waals surface area contributed by atoms with Gasteiger partial charge in [-0.25, -0.2) is 0 Å². The maximum atomic E-state index is 11.5. The molecule has 146 valence electrons. The van der Waals surface area contributed by atoms with E-state index in [9.17, 15) is 10.1 Å². The van der Waals surface area contributed by atoms with Crippen molar-refractivity contribution in [1.29, 1.82) is 0 Å². The number of nitrogens with zero attached hydrogens (tertiary/aromatic N) is 4. The first kappa shape index (κ1) is 19.9. The molecule has 2 aromatic rings. The molecule has 3 rings (SSSR count). The summed E-state index contributed by atoms with van der Waals surface area (Å²) in [5.74, 6) is 0.710. The van der Waals surface area contributed by atoms with E-state index in [1.165, 1.54) is 30.5 Å². The number of rotatable bonds is 6. The first-order valence-corrected chi connectivity index (χ1v) is 10.2. The van der Waals surface area contributed by atoms with E-state index >= 15 is 0 Å². The van der Waals surface area contributed by atoms with Crippen LogP contribution in [-0.2, 0) is 5.75 Å². The second-order valence-corrected chi connectivity index (χ2v) is 7.51. The number of nitro groups is 1. The summed E-state index contributed by atoms with van der Waals surface area (Å²) in [5, 5.41) is 19.8. The minimum absolute atomic E-state index is 0.0984. The van der Waals surface area contributed by atoms with Crippen LogP contribution in [0.25, 0.3) is 0 Å². The molecule has 1 fully saturated rings. The van der Waals surface area contributed by atoms with Crippen LogP contribution in [0.1, 0.15) is 30.4 Å². The van der Waals surface area contributed by atoms with Crippen molar-refractivity contribution >= 4 is 34.5 Å². The standard InChI is InChI=1S/C20H23N5O2S/c21-20(28-15-16-7-3-1-4-8-16)23-22-14-17-9-10-18(19(13-17)25(26)27)24-11-5-2-6-12-24/h1,3-4,7-10,13-14H,2,5-6,11-12,15H2,(H2,21,23). The van der Waals surface area contributed by atoms with Gasteiger partial charge in [-0.3, -0.25) is 10.1 Å². The Morgan fingerprint density at radius 3 is 2.64 bits per heavy atom. The predicted molar refractivity (Wildman–Crippen MR) is 116 cm³/mol. The van der Waals surface area contributed by atoms with Crippen LogP contribution < -0.4 is 10.6 Å². The smallest absolute Gasteiger partial charge is 0.293 e. The summed E-state index contributed by atoms with van der Waals surface area (Å²) in [6.07, 6.45) is 4.80. The lowest BCUT2D eigenvalue weighted by atomic mass is 10.1. The van der Waals surface area contributed by atoms with Crippen LogP contribution in [0.15, 0.2) is 58.7 Å². The number of hydrogen-bond donors (Lipinski definition) is 1. The summed E-state index contributed by atoms with van der Waals surface area (Å²) in [4.78, 5) is 13.2. The van der Waals surface area contributed by atoms with Crippen LogP contribution in [-0.4, -0.2) is 29.4 Å². The summed E-state index contributed by atoms with van der Waals surface area (Å²) in [5.41, 5.74) is 8.41. The van der Waals surface area contributed by atoms with E-state index in [1.807, 2.05) is 36.4 Å². The van der Waals surface area contributed by atoms with Crippen molar-refractivity contribution in [3.05, 3.63) is 69.8 Å². The molecule has 0 bridgehead atoms. The van der Waals surface area contributed by atoms with Crippen LogP contribution in [0.3, 0.4) is 0 Å². The molecule has 28 heavy (non-hydrogen) atoms. The molecule has 0 amide bonds. The van der Waals surface area contributed by atoms with E-state index in [0.29, 0.717) is 22.2 Å². The Morgan fingerprint density at radius 2 is 1.93 bits per heavy atom. The Bertz CT molecular complexity index is 864. The van der Waals surface area contributed by atoms with Gasteiger partial charge in [0.15, 0.2) is 5.17 Å². The van der Waals surface area contributed by atoms with E-state index in [0.717, 1.165) is 31.5 Å². The van der Waals surface area contributed by atoms with Crippen molar-refractivity contribution in [2.75, 3.05) is 18.0 Å². The van der Waals surface area contributed by atoms with Crippen molar-refractivity contribution in [3.8, 4) is 0 Å². The Hall–Kier alpha value is -2.87. The molecular weight excluding hydrogens is 374 g/mol. The number of benzene rings is 2. The van der Waals surface area contributed by atoms with Gasteiger partial charge in [0.25, 0.3) is 5.69 Å². The third kappa shape index (κ3) is 5.56. The van der Waals surface area contributed by atoms with Gasteiger partial charge >= 0.3 is 0 Å². The second-order valence-electron chi connectivity index (χ2n) is 6.51. The number of nitro benzene ring substituents is 1. The van der Waals surface area contributed by atoms with Gasteiger partial charge in [-0.2, -0.15) is 5.10 Å². The normalized spacial score (nSPS) is 15.1. The SMILES string of the molecule is NC(=NN=Cc1ccc(N2CCCCC2)c([N+](=O)[O-])c1)SCc1ccccc1. The molecule has 0 radical (unpaired) electrons. The summed E-state index contributed by atoms with van der Waals surface area (Å²) < 4.78 is 0. The van der Waals surface area contributed by atoms with Gasteiger partial charge in [0.05, 0.1) is 11.1 Å². The molecule has 0 spiro atoms. The summed E-state index contributed by atoms with van der Waals surface area (Å²) in [6, 6.07) is 15.1. The molecule has 0 atom stereocenters. The Kier molecular flexibility index (Phi) is 7.02. The number of amidine groups is 1. The highest BCUT2D eigenvalue weighted by Crippen LogP contribution is 2.31. The van der Waals surface area contributed by atoms with Crippen molar-refractivity contribution in [3.63, 3.8) is 0 Å². The molecule has 0 unspecified atom stereocenters. The summed E-state index contributed by atoms with van der Waals surface area (Å²) in [6.45, 7) is 1.71. The van der Waals surface area contributed by atoms with Gasteiger partial charge < -0.3 is 10.6 Å². The van der Waals surface area contributed by atoms with Crippen LogP contribution in [0, 0.1) is 10.1 Å². The Morgan fingerprint density at radius 1 is 1.18 bits per heavy atom. The third-order valence-electron chi connectivity index (χ3n) is 4.49. The molecule has 1 aliphatic rings. The quantitative estimate of drug-likeness (QED) is 0.341. The Labute approximate surface area is 168 Å². The molecule has 2 N–H and O–H groups in total. The molecule has 0 aromatic heterocycles. The number of hydrogen-bond acceptors (Lipinski definition) is 6. The van der Waals surface area contributed by atoms with Gasteiger partial charge in [-0.05, 0) is 30.9 Å². The predicted octanol–water partition coefficient (Wildman–Crippen LogP) is 4.17. The molecule has 8 heteroatoms. The number of thioether (sulfide) groups is 1. The maximum absolute atomic E-state index is 11.5. The fourth-order valence-electron chi connectivity index (χ4n) is 3.08. The largest absolute Gasteiger partial charge is 0.377 e. The van der Waals surface area contributed by atoms with E-state index in [-0.39, 0.29) is 10.6 Å². The molecule has 2 aromatic carbocycles. The van der Waals surface area contributed by atoms with Crippen LogP contribution >= 0.6 is 11.8 Å². The zero-order valence-electron chi connectivity index (χ0n) is 15.5. The third-order valence-corrected chi connectivity index (χ3v) is 5.34. The lowest BCUT2D eigenvalue weighted by Gasteiger charge is -2.28. The molecule has 1 heterocycles. The average molecular weight is 398 g/mol.